The fourth-order valence-corrected chi connectivity index (χ4v) is 8.59. The van der Waals surface area contributed by atoms with Crippen LogP contribution in [0.4, 0.5) is 0 Å². The maximum atomic E-state index is 12.0. The molecule has 0 aromatic rings. The Morgan fingerprint density at radius 1 is 1.19 bits per heavy atom. The topological polar surface area (TPSA) is 91.3 Å². The third-order valence-corrected chi connectivity index (χ3v) is 10.7. The molecular formula is C20H34O5S2. The highest BCUT2D eigenvalue weighted by Gasteiger charge is 2.67. The van der Waals surface area contributed by atoms with Crippen LogP contribution in [-0.4, -0.2) is 47.0 Å². The van der Waals surface area contributed by atoms with Gasteiger partial charge in [-0.3, -0.25) is 9.59 Å². The van der Waals surface area contributed by atoms with Crippen LogP contribution in [0.1, 0.15) is 66.7 Å². The first-order valence-electron chi connectivity index (χ1n) is 9.98. The number of hydrogen-bond acceptors (Lipinski definition) is 5. The van der Waals surface area contributed by atoms with E-state index in [0.29, 0.717) is 29.5 Å². The Kier molecular flexibility index (Phi) is 6.91. The molecule has 0 aromatic heterocycles. The molecule has 3 unspecified atom stereocenters. The molecule has 2 aliphatic carbocycles. The number of fused-ring (bicyclic) bond motifs is 2. The summed E-state index contributed by atoms with van der Waals surface area (Å²) in [4.78, 5) is 23.4. The molecule has 156 valence electrons. The fourth-order valence-electron chi connectivity index (χ4n) is 4.74. The molecular weight excluding hydrogens is 384 g/mol. The van der Waals surface area contributed by atoms with Crippen molar-refractivity contribution in [1.82, 2.24) is 0 Å². The zero-order valence-electron chi connectivity index (χ0n) is 17.2. The van der Waals surface area contributed by atoms with E-state index < -0.39 is 20.8 Å². The van der Waals surface area contributed by atoms with Crippen molar-refractivity contribution in [2.75, 3.05) is 17.3 Å². The third-order valence-electron chi connectivity index (χ3n) is 7.14. The zero-order valence-corrected chi connectivity index (χ0v) is 18.9. The first-order valence-corrected chi connectivity index (χ1v) is 13.2. The highest BCUT2D eigenvalue weighted by Crippen LogP contribution is 2.64. The number of hydrogen-bond donors (Lipinski definition) is 0. The summed E-state index contributed by atoms with van der Waals surface area (Å²) in [5.41, 5.74) is -0.994. The Bertz CT molecular complexity index is 676. The highest BCUT2D eigenvalue weighted by atomic mass is 32.2. The number of carbonyl (C=O) groups excluding carboxylic acids is 2. The first kappa shape index (κ1) is 22.9. The van der Waals surface area contributed by atoms with Gasteiger partial charge in [0.1, 0.15) is 26.9 Å². The van der Waals surface area contributed by atoms with Crippen LogP contribution in [0.25, 0.3) is 0 Å². The average molecular weight is 419 g/mol. The monoisotopic (exact) mass is 418 g/mol. The van der Waals surface area contributed by atoms with Crippen molar-refractivity contribution in [1.29, 1.82) is 0 Å². The van der Waals surface area contributed by atoms with E-state index in [4.69, 9.17) is 0 Å². The largest absolute Gasteiger partial charge is 0.747 e. The third kappa shape index (κ3) is 4.45. The van der Waals surface area contributed by atoms with E-state index in [1.807, 2.05) is 27.7 Å². The second kappa shape index (κ2) is 8.15. The van der Waals surface area contributed by atoms with Crippen molar-refractivity contribution in [3.63, 3.8) is 0 Å². The molecule has 1 heterocycles. The van der Waals surface area contributed by atoms with Gasteiger partial charge in [-0.2, -0.15) is 0 Å². The van der Waals surface area contributed by atoms with Crippen LogP contribution in [-0.2, 0) is 30.6 Å². The quantitative estimate of drug-likeness (QED) is 0.517. The Hall–Kier alpha value is -0.400. The van der Waals surface area contributed by atoms with Gasteiger partial charge in [-0.05, 0) is 54.3 Å². The van der Waals surface area contributed by atoms with Crippen LogP contribution in [0.2, 0.25) is 0 Å². The van der Waals surface area contributed by atoms with Crippen molar-refractivity contribution < 1.29 is 22.6 Å². The van der Waals surface area contributed by atoms with E-state index in [-0.39, 0.29) is 23.0 Å². The van der Waals surface area contributed by atoms with Gasteiger partial charge < -0.3 is 4.55 Å². The highest BCUT2D eigenvalue weighted by molar-refractivity contribution is 7.97. The molecule has 1 aliphatic heterocycles. The number of Topliss-reactive ketones (excluding diaryl/α,β-unsaturated/α-hetero) is 2. The Labute approximate surface area is 167 Å². The van der Waals surface area contributed by atoms with Crippen LogP contribution in [0, 0.1) is 22.7 Å². The smallest absolute Gasteiger partial charge is 0.184 e. The molecule has 3 aliphatic rings. The summed E-state index contributed by atoms with van der Waals surface area (Å²) in [6.07, 6.45) is 5.47. The van der Waals surface area contributed by atoms with Gasteiger partial charge in [0, 0.05) is 11.3 Å². The maximum Gasteiger partial charge on any atom is 0.184 e. The van der Waals surface area contributed by atoms with E-state index in [1.54, 1.807) is 6.92 Å². The van der Waals surface area contributed by atoms with Gasteiger partial charge in [0.2, 0.25) is 0 Å². The van der Waals surface area contributed by atoms with Crippen molar-refractivity contribution in [3.8, 4) is 0 Å². The predicted octanol–water partition coefficient (Wildman–Crippen LogP) is 2.94. The zero-order chi connectivity index (χ0) is 20.6. The Morgan fingerprint density at radius 3 is 2.11 bits per heavy atom. The summed E-state index contributed by atoms with van der Waals surface area (Å²) in [5, 5.41) is -1.30. The summed E-state index contributed by atoms with van der Waals surface area (Å²) >= 11 is 0. The lowest BCUT2D eigenvalue weighted by atomic mass is 9.70. The number of rotatable bonds is 4. The number of ketones is 2. The van der Waals surface area contributed by atoms with Crippen LogP contribution in [0.3, 0.4) is 0 Å². The SMILES string of the molecule is CC(C)C(=O)C[S+]1CCCCC1.CC12CCC(C(S(=O)(=O)[O-])C1=O)C2(C)C. The lowest BCUT2D eigenvalue weighted by Crippen LogP contribution is -2.38. The minimum atomic E-state index is -4.49. The van der Waals surface area contributed by atoms with Gasteiger partial charge in [0.05, 0.1) is 0 Å². The molecule has 0 radical (unpaired) electrons. The minimum Gasteiger partial charge on any atom is -0.747 e. The van der Waals surface area contributed by atoms with Gasteiger partial charge in [0.25, 0.3) is 0 Å². The first-order chi connectivity index (χ1) is 12.3. The van der Waals surface area contributed by atoms with Gasteiger partial charge in [-0.15, -0.1) is 0 Å². The average Bonchev–Trinajstić information content (AvgIpc) is 2.87. The van der Waals surface area contributed by atoms with Crippen LogP contribution in [0.15, 0.2) is 0 Å². The minimum absolute atomic E-state index is 0.249. The summed E-state index contributed by atoms with van der Waals surface area (Å²) in [6.45, 7) is 9.60. The lowest BCUT2D eigenvalue weighted by molar-refractivity contribution is -0.128. The molecule has 3 atom stereocenters. The van der Waals surface area contributed by atoms with Crippen molar-refractivity contribution in [2.45, 2.75) is 72.0 Å². The fraction of sp³-hybridized carbons (Fsp3) is 0.900. The van der Waals surface area contributed by atoms with Crippen molar-refractivity contribution in [2.24, 2.45) is 22.7 Å². The molecule has 2 saturated carbocycles. The molecule has 3 rings (SSSR count). The van der Waals surface area contributed by atoms with E-state index in [1.165, 1.54) is 30.8 Å². The summed E-state index contributed by atoms with van der Waals surface area (Å²) in [5.74, 6) is 3.57. The molecule has 0 aromatic carbocycles. The van der Waals surface area contributed by atoms with Gasteiger partial charge >= 0.3 is 0 Å². The normalized spacial score (nSPS) is 33.1. The maximum absolute atomic E-state index is 12.0. The van der Waals surface area contributed by atoms with Gasteiger partial charge in [0.15, 0.2) is 17.3 Å². The predicted molar refractivity (Wildman–Crippen MR) is 109 cm³/mol. The van der Waals surface area contributed by atoms with E-state index in [2.05, 4.69) is 0 Å². The molecule has 1 saturated heterocycles. The van der Waals surface area contributed by atoms with Gasteiger partial charge in [-0.25, -0.2) is 8.42 Å². The molecule has 7 heteroatoms. The summed E-state index contributed by atoms with van der Waals surface area (Å²) in [6, 6.07) is 0. The molecule has 5 nitrogen and oxygen atoms in total. The molecule has 0 N–H and O–H groups in total. The second-order valence-corrected chi connectivity index (χ2v) is 13.1. The molecule has 2 bridgehead atoms. The Morgan fingerprint density at radius 2 is 1.74 bits per heavy atom. The van der Waals surface area contributed by atoms with E-state index in [0.717, 1.165) is 5.75 Å². The van der Waals surface area contributed by atoms with E-state index >= 15 is 0 Å². The van der Waals surface area contributed by atoms with Crippen LogP contribution < -0.4 is 0 Å². The molecule has 3 fully saturated rings. The standard InChI is InChI=1S/C10H16O4S.C10H19OS/c1-9(2)6-4-5-10(9,3)8(11)7(6)15(12,13)14;1-9(2)10(11)8-12-6-4-3-5-7-12/h6-7H,4-5H2,1-3H3,(H,12,13,14);9H,3-8H2,1-2H3/q;+1/p-1. The molecule has 0 spiro atoms. The molecule has 27 heavy (non-hydrogen) atoms. The second-order valence-electron chi connectivity index (χ2n) is 9.32. The van der Waals surface area contributed by atoms with Crippen molar-refractivity contribution >= 4 is 32.6 Å². The Balaban J connectivity index is 0.000000199. The van der Waals surface area contributed by atoms with Crippen LogP contribution in [0.5, 0.6) is 0 Å². The summed E-state index contributed by atoms with van der Waals surface area (Å²) < 4.78 is 33.3. The van der Waals surface area contributed by atoms with E-state index in [9.17, 15) is 22.6 Å². The van der Waals surface area contributed by atoms with Crippen LogP contribution >= 0.6 is 0 Å². The molecule has 0 amide bonds. The lowest BCUT2D eigenvalue weighted by Gasteiger charge is -2.32. The number of carbonyl (C=O) groups is 2. The summed E-state index contributed by atoms with van der Waals surface area (Å²) in [7, 11) is -4.04. The van der Waals surface area contributed by atoms with Gasteiger partial charge in [-0.1, -0.05) is 34.6 Å². The van der Waals surface area contributed by atoms with Crippen molar-refractivity contribution in [3.05, 3.63) is 0 Å².